The molecule has 1 fully saturated rings. The van der Waals surface area contributed by atoms with Gasteiger partial charge >= 0.3 is 5.97 Å². The fourth-order valence-electron chi connectivity index (χ4n) is 3.30. The number of ether oxygens (including phenoxy) is 1. The molecule has 1 N–H and O–H groups in total. The first-order valence-corrected chi connectivity index (χ1v) is 8.35. The number of nitrogens with one attached hydrogen (secondary N) is 1. The number of benzene rings is 2. The molecule has 0 bridgehead atoms. The van der Waals surface area contributed by atoms with Crippen LogP contribution in [0.15, 0.2) is 54.6 Å². The third-order valence-electron chi connectivity index (χ3n) is 4.49. The number of carbonyl (C=O) groups is 1. The number of methoxy groups -OCH3 is 1. The van der Waals surface area contributed by atoms with Crippen molar-refractivity contribution in [1.82, 2.24) is 4.90 Å². The second-order valence-corrected chi connectivity index (χ2v) is 6.15. The van der Waals surface area contributed by atoms with E-state index in [1.807, 2.05) is 36.4 Å². The maximum atomic E-state index is 12.4. The quantitative estimate of drug-likeness (QED) is 0.851. The van der Waals surface area contributed by atoms with Crippen molar-refractivity contribution < 1.29 is 9.53 Å². The normalized spacial score (nSPS) is 18.3. The summed E-state index contributed by atoms with van der Waals surface area (Å²) in [7, 11) is 1.40. The van der Waals surface area contributed by atoms with Crippen molar-refractivity contribution in [1.29, 1.82) is 5.26 Å². The van der Waals surface area contributed by atoms with Crippen molar-refractivity contribution in [3.63, 3.8) is 0 Å². The van der Waals surface area contributed by atoms with E-state index in [1.165, 1.54) is 7.11 Å². The first kappa shape index (κ1) is 17.0. The van der Waals surface area contributed by atoms with Crippen LogP contribution in [-0.2, 0) is 9.53 Å². The fourth-order valence-corrected chi connectivity index (χ4v) is 3.30. The molecule has 1 saturated heterocycles. The van der Waals surface area contributed by atoms with Crippen LogP contribution >= 0.6 is 0 Å². The highest BCUT2D eigenvalue weighted by Gasteiger charge is 2.34. The first-order valence-electron chi connectivity index (χ1n) is 8.35. The number of hydrogen-bond acceptors (Lipinski definition) is 5. The van der Waals surface area contributed by atoms with Crippen LogP contribution in [0.4, 0.5) is 5.69 Å². The largest absolute Gasteiger partial charge is 0.468 e. The Bertz CT molecular complexity index is 770. The second-order valence-electron chi connectivity index (χ2n) is 6.15. The lowest BCUT2D eigenvalue weighted by molar-refractivity contribution is -0.146. The molecule has 2 aromatic carbocycles. The van der Waals surface area contributed by atoms with E-state index in [9.17, 15) is 4.79 Å². The standard InChI is InChI=1S/C20H21N3O2/c1-25-20(24)19(16-7-5-6-15(12-16)13-21)23-11-10-18(14-23)22-17-8-3-2-4-9-17/h2-9,12,18-19,22H,10-11,14H2,1H3/t18-,19-/m0/s1. The summed E-state index contributed by atoms with van der Waals surface area (Å²) >= 11 is 0. The van der Waals surface area contributed by atoms with E-state index < -0.39 is 6.04 Å². The number of likely N-dealkylation sites (tertiary alicyclic amines) is 1. The third kappa shape index (κ3) is 3.98. The molecule has 0 radical (unpaired) electrons. The van der Waals surface area contributed by atoms with Gasteiger partial charge in [0.15, 0.2) is 0 Å². The minimum absolute atomic E-state index is 0.272. The van der Waals surface area contributed by atoms with Gasteiger partial charge in [0, 0.05) is 24.8 Å². The highest BCUT2D eigenvalue weighted by atomic mass is 16.5. The highest BCUT2D eigenvalue weighted by Crippen LogP contribution is 2.28. The summed E-state index contributed by atoms with van der Waals surface area (Å²) in [6, 6.07) is 19.2. The number of rotatable bonds is 5. The number of nitriles is 1. The van der Waals surface area contributed by atoms with Gasteiger partial charge < -0.3 is 10.1 Å². The molecule has 1 aliphatic rings. The monoisotopic (exact) mass is 335 g/mol. The zero-order valence-corrected chi connectivity index (χ0v) is 14.2. The summed E-state index contributed by atoms with van der Waals surface area (Å²) in [4.78, 5) is 14.5. The van der Waals surface area contributed by atoms with Gasteiger partial charge in [-0.05, 0) is 36.2 Å². The van der Waals surface area contributed by atoms with E-state index in [4.69, 9.17) is 10.00 Å². The van der Waals surface area contributed by atoms with Gasteiger partial charge in [0.25, 0.3) is 0 Å². The summed E-state index contributed by atoms with van der Waals surface area (Å²) in [6.45, 7) is 1.53. The topological polar surface area (TPSA) is 65.4 Å². The smallest absolute Gasteiger partial charge is 0.327 e. The molecule has 0 saturated carbocycles. The summed E-state index contributed by atoms with van der Waals surface area (Å²) in [5.41, 5.74) is 2.42. The Labute approximate surface area is 147 Å². The third-order valence-corrected chi connectivity index (χ3v) is 4.49. The van der Waals surface area contributed by atoms with Crippen molar-refractivity contribution >= 4 is 11.7 Å². The Morgan fingerprint density at radius 2 is 2.08 bits per heavy atom. The Hall–Kier alpha value is -2.84. The lowest BCUT2D eigenvalue weighted by Crippen LogP contribution is -2.35. The van der Waals surface area contributed by atoms with E-state index in [2.05, 4.69) is 16.3 Å². The van der Waals surface area contributed by atoms with Crippen LogP contribution in [0.25, 0.3) is 0 Å². The van der Waals surface area contributed by atoms with E-state index in [0.717, 1.165) is 30.8 Å². The van der Waals surface area contributed by atoms with Gasteiger partial charge in [0.05, 0.1) is 18.7 Å². The molecule has 2 atom stereocenters. The second kappa shape index (κ2) is 7.82. The van der Waals surface area contributed by atoms with Gasteiger partial charge in [-0.25, -0.2) is 4.79 Å². The predicted molar refractivity (Wildman–Crippen MR) is 96.0 cm³/mol. The van der Waals surface area contributed by atoms with Gasteiger partial charge in [-0.1, -0.05) is 30.3 Å². The zero-order chi connectivity index (χ0) is 17.6. The lowest BCUT2D eigenvalue weighted by atomic mass is 10.0. The molecule has 25 heavy (non-hydrogen) atoms. The van der Waals surface area contributed by atoms with Crippen LogP contribution in [0.1, 0.15) is 23.6 Å². The molecular formula is C20H21N3O2. The zero-order valence-electron chi connectivity index (χ0n) is 14.2. The molecule has 3 rings (SSSR count). The Morgan fingerprint density at radius 1 is 1.28 bits per heavy atom. The molecular weight excluding hydrogens is 314 g/mol. The van der Waals surface area contributed by atoms with Crippen molar-refractivity contribution in [2.24, 2.45) is 0 Å². The van der Waals surface area contributed by atoms with E-state index in [1.54, 1.807) is 18.2 Å². The maximum Gasteiger partial charge on any atom is 0.327 e. The molecule has 1 heterocycles. The van der Waals surface area contributed by atoms with Crippen LogP contribution in [0.3, 0.4) is 0 Å². The summed E-state index contributed by atoms with van der Waals surface area (Å²) < 4.78 is 5.02. The predicted octanol–water partition coefficient (Wildman–Crippen LogP) is 2.96. The van der Waals surface area contributed by atoms with Crippen LogP contribution in [-0.4, -0.2) is 37.1 Å². The van der Waals surface area contributed by atoms with Crippen LogP contribution in [0, 0.1) is 11.3 Å². The van der Waals surface area contributed by atoms with Gasteiger partial charge in [-0.2, -0.15) is 5.26 Å². The van der Waals surface area contributed by atoms with Crippen molar-refractivity contribution in [3.8, 4) is 6.07 Å². The van der Waals surface area contributed by atoms with E-state index in [-0.39, 0.29) is 12.0 Å². The summed E-state index contributed by atoms with van der Waals surface area (Å²) in [5.74, 6) is -0.296. The average molecular weight is 335 g/mol. The molecule has 0 unspecified atom stereocenters. The Morgan fingerprint density at radius 3 is 2.80 bits per heavy atom. The minimum atomic E-state index is -0.485. The molecule has 128 valence electrons. The number of anilines is 1. The van der Waals surface area contributed by atoms with Gasteiger partial charge in [-0.15, -0.1) is 0 Å². The number of para-hydroxylation sites is 1. The molecule has 0 spiro atoms. The van der Waals surface area contributed by atoms with Gasteiger partial charge in [0.1, 0.15) is 6.04 Å². The Kier molecular flexibility index (Phi) is 5.32. The van der Waals surface area contributed by atoms with E-state index >= 15 is 0 Å². The van der Waals surface area contributed by atoms with Crippen LogP contribution < -0.4 is 5.32 Å². The van der Waals surface area contributed by atoms with Crippen molar-refractivity contribution in [3.05, 3.63) is 65.7 Å². The number of nitrogens with zero attached hydrogens (tertiary/aromatic N) is 2. The molecule has 0 amide bonds. The minimum Gasteiger partial charge on any atom is -0.468 e. The number of carbonyl (C=O) groups excluding carboxylic acids is 1. The maximum absolute atomic E-state index is 12.4. The molecule has 0 aliphatic carbocycles. The molecule has 0 aromatic heterocycles. The van der Waals surface area contributed by atoms with Crippen LogP contribution in [0.5, 0.6) is 0 Å². The SMILES string of the molecule is COC(=O)[C@H](c1cccc(C#N)c1)N1CC[C@H](Nc2ccccc2)C1. The average Bonchev–Trinajstić information content (AvgIpc) is 3.10. The number of hydrogen-bond donors (Lipinski definition) is 1. The summed E-state index contributed by atoms with van der Waals surface area (Å²) in [5, 5.41) is 12.6. The molecule has 5 heteroatoms. The first-order chi connectivity index (χ1) is 12.2. The summed E-state index contributed by atoms with van der Waals surface area (Å²) in [6.07, 6.45) is 0.945. The lowest BCUT2D eigenvalue weighted by Gasteiger charge is -2.26. The van der Waals surface area contributed by atoms with Gasteiger partial charge in [0.2, 0.25) is 0 Å². The fraction of sp³-hybridized carbons (Fsp3) is 0.300. The van der Waals surface area contributed by atoms with Crippen molar-refractivity contribution in [2.45, 2.75) is 18.5 Å². The number of esters is 1. The van der Waals surface area contributed by atoms with Gasteiger partial charge in [-0.3, -0.25) is 4.90 Å². The van der Waals surface area contributed by atoms with Crippen molar-refractivity contribution in [2.75, 3.05) is 25.5 Å². The molecule has 5 nitrogen and oxygen atoms in total. The van der Waals surface area contributed by atoms with Crippen LogP contribution in [0.2, 0.25) is 0 Å². The molecule has 1 aliphatic heterocycles. The highest BCUT2D eigenvalue weighted by molar-refractivity contribution is 5.77. The Balaban J connectivity index is 1.76. The molecule has 2 aromatic rings. The van der Waals surface area contributed by atoms with E-state index in [0.29, 0.717) is 5.56 Å².